The minimum absolute atomic E-state index is 0.190. The highest BCUT2D eigenvalue weighted by molar-refractivity contribution is 6.10. The van der Waals surface area contributed by atoms with E-state index in [0.717, 1.165) is 24.2 Å². The Balaban J connectivity index is 1.47. The second kappa shape index (κ2) is 9.62. The zero-order valence-corrected chi connectivity index (χ0v) is 18.0. The number of ether oxygens (including phenoxy) is 2. The lowest BCUT2D eigenvalue weighted by molar-refractivity contribution is 0.0839. The van der Waals surface area contributed by atoms with E-state index >= 15 is 0 Å². The van der Waals surface area contributed by atoms with Crippen LogP contribution >= 0.6 is 0 Å². The van der Waals surface area contributed by atoms with E-state index in [4.69, 9.17) is 15.2 Å². The Kier molecular flexibility index (Phi) is 6.47. The first-order valence-corrected chi connectivity index (χ1v) is 10.5. The molecule has 2 heterocycles. The highest BCUT2D eigenvalue weighted by Crippen LogP contribution is 2.33. The number of likely N-dealkylation sites (N-methyl/N-ethyl adjacent to an activating group) is 1. The number of ketones is 1. The number of nitrogens with zero attached hydrogens (tertiary/aromatic N) is 3. The van der Waals surface area contributed by atoms with E-state index in [1.54, 1.807) is 54.7 Å². The second-order valence-electron chi connectivity index (χ2n) is 7.65. The average Bonchev–Trinajstić information content (AvgIpc) is 2.84. The van der Waals surface area contributed by atoms with E-state index in [-0.39, 0.29) is 11.7 Å². The van der Waals surface area contributed by atoms with Gasteiger partial charge in [-0.15, -0.1) is 0 Å². The van der Waals surface area contributed by atoms with Gasteiger partial charge in [-0.1, -0.05) is 18.7 Å². The molecular weight excluding hydrogens is 404 g/mol. The molecule has 1 aromatic heterocycles. The van der Waals surface area contributed by atoms with Crippen LogP contribution in [0.25, 0.3) is 0 Å². The van der Waals surface area contributed by atoms with Crippen LogP contribution in [0, 0.1) is 0 Å². The Labute approximate surface area is 187 Å². The van der Waals surface area contributed by atoms with Crippen LogP contribution in [0.3, 0.4) is 0 Å². The number of para-hydroxylation sites is 2. The molecule has 1 saturated heterocycles. The van der Waals surface area contributed by atoms with Gasteiger partial charge in [0.15, 0.2) is 0 Å². The monoisotopic (exact) mass is 430 g/mol. The Bertz CT molecular complexity index is 1110. The van der Waals surface area contributed by atoms with Gasteiger partial charge < -0.3 is 20.1 Å². The molecule has 0 aliphatic carbocycles. The maximum Gasteiger partial charge on any atom is 0.241 e. The molecule has 32 heavy (non-hydrogen) atoms. The lowest BCUT2D eigenvalue weighted by atomic mass is 9.96. The number of aromatic nitrogens is 2. The van der Waals surface area contributed by atoms with Crippen molar-refractivity contribution in [1.29, 1.82) is 0 Å². The predicted octanol–water partition coefficient (Wildman–Crippen LogP) is 4.58. The van der Waals surface area contributed by atoms with Gasteiger partial charge >= 0.3 is 0 Å². The summed E-state index contributed by atoms with van der Waals surface area (Å²) in [6.07, 6.45) is 5.08. The Morgan fingerprint density at radius 2 is 1.78 bits per heavy atom. The van der Waals surface area contributed by atoms with Crippen molar-refractivity contribution >= 4 is 17.2 Å². The molecule has 0 unspecified atom stereocenters. The minimum Gasteiger partial charge on any atom is -0.437 e. The quantitative estimate of drug-likeness (QED) is 0.333. The van der Waals surface area contributed by atoms with Crippen LogP contribution in [0.15, 0.2) is 73.2 Å². The van der Waals surface area contributed by atoms with Crippen LogP contribution in [-0.4, -0.2) is 36.0 Å². The van der Waals surface area contributed by atoms with Crippen molar-refractivity contribution in [3.05, 3.63) is 84.5 Å². The van der Waals surface area contributed by atoms with Crippen molar-refractivity contribution in [2.45, 2.75) is 18.8 Å². The molecule has 4 rings (SSSR count). The zero-order valence-electron chi connectivity index (χ0n) is 18.0. The summed E-state index contributed by atoms with van der Waals surface area (Å²) in [4.78, 5) is 23.5. The number of rotatable bonds is 7. The Morgan fingerprint density at radius 1 is 1.09 bits per heavy atom. The number of nitrogen functional groups attached to an aromatic ring is 1. The lowest BCUT2D eigenvalue weighted by Crippen LogP contribution is -2.23. The van der Waals surface area contributed by atoms with Crippen molar-refractivity contribution in [3.63, 3.8) is 0 Å². The zero-order chi connectivity index (χ0) is 22.5. The van der Waals surface area contributed by atoms with E-state index in [0.29, 0.717) is 41.8 Å². The summed E-state index contributed by atoms with van der Waals surface area (Å²) in [5.41, 5.74) is 9.01. The van der Waals surface area contributed by atoms with Crippen molar-refractivity contribution in [2.75, 3.05) is 30.9 Å². The summed E-state index contributed by atoms with van der Waals surface area (Å²) in [6, 6.07) is 14.3. The molecule has 1 aliphatic rings. The number of Topliss-reactive ketones (excluding diaryl/α,β-unsaturated/α-hetero) is 1. The molecule has 0 atom stereocenters. The first-order chi connectivity index (χ1) is 15.5. The molecule has 7 nitrogen and oxygen atoms in total. The third-order valence-corrected chi connectivity index (χ3v) is 5.60. The molecule has 1 fully saturated rings. The fourth-order valence-corrected chi connectivity index (χ4v) is 3.71. The van der Waals surface area contributed by atoms with Crippen molar-refractivity contribution in [2.24, 2.45) is 0 Å². The fourth-order valence-electron chi connectivity index (χ4n) is 3.71. The molecule has 7 heteroatoms. The van der Waals surface area contributed by atoms with Crippen LogP contribution in [0.2, 0.25) is 0 Å². The molecule has 3 aromatic rings. The molecular formula is C25H26N4O3. The maximum atomic E-state index is 12.9. The van der Waals surface area contributed by atoms with E-state index < -0.39 is 0 Å². The average molecular weight is 431 g/mol. The number of carbonyl (C=O) groups excluding carboxylic acids is 1. The summed E-state index contributed by atoms with van der Waals surface area (Å²) in [5.74, 6) is 1.14. The molecule has 164 valence electrons. The number of carbonyl (C=O) groups is 1. The van der Waals surface area contributed by atoms with E-state index in [9.17, 15) is 4.79 Å². The van der Waals surface area contributed by atoms with Gasteiger partial charge in [0, 0.05) is 44.1 Å². The summed E-state index contributed by atoms with van der Waals surface area (Å²) >= 11 is 0. The summed E-state index contributed by atoms with van der Waals surface area (Å²) in [7, 11) is 1.77. The van der Waals surface area contributed by atoms with E-state index in [1.165, 1.54) is 0 Å². The first kappa shape index (κ1) is 21.5. The highest BCUT2D eigenvalue weighted by atomic mass is 16.5. The Hall–Kier alpha value is -3.71. The fraction of sp³-hybridized carbons (Fsp3) is 0.240. The number of allylic oxidation sites excluding steroid dienone is 1. The predicted molar refractivity (Wildman–Crippen MR) is 124 cm³/mol. The molecule has 0 radical (unpaired) electrons. The third kappa shape index (κ3) is 4.63. The molecule has 0 saturated carbocycles. The molecule has 0 amide bonds. The van der Waals surface area contributed by atoms with E-state index in [2.05, 4.69) is 16.5 Å². The van der Waals surface area contributed by atoms with Crippen LogP contribution < -0.4 is 15.4 Å². The van der Waals surface area contributed by atoms with Crippen molar-refractivity contribution in [1.82, 2.24) is 9.97 Å². The minimum atomic E-state index is -0.190. The van der Waals surface area contributed by atoms with Gasteiger partial charge in [-0.2, -0.15) is 0 Å². The van der Waals surface area contributed by atoms with Gasteiger partial charge in [-0.3, -0.25) is 9.78 Å². The number of benzene rings is 2. The number of hydrogen-bond acceptors (Lipinski definition) is 7. The third-order valence-electron chi connectivity index (χ3n) is 5.60. The lowest BCUT2D eigenvalue weighted by Gasteiger charge is -2.23. The molecule has 2 N–H and O–H groups in total. The van der Waals surface area contributed by atoms with Gasteiger partial charge in [0.25, 0.3) is 0 Å². The van der Waals surface area contributed by atoms with Crippen LogP contribution in [-0.2, 0) is 4.74 Å². The number of anilines is 2. The van der Waals surface area contributed by atoms with Crippen LogP contribution in [0.5, 0.6) is 11.6 Å². The maximum absolute atomic E-state index is 12.9. The Morgan fingerprint density at radius 3 is 2.50 bits per heavy atom. The smallest absolute Gasteiger partial charge is 0.241 e. The van der Waals surface area contributed by atoms with Gasteiger partial charge in [-0.05, 0) is 49.2 Å². The highest BCUT2D eigenvalue weighted by Gasteiger charge is 2.22. The molecule has 2 aromatic carbocycles. The topological polar surface area (TPSA) is 90.6 Å². The van der Waals surface area contributed by atoms with Gasteiger partial charge in [0.2, 0.25) is 11.7 Å². The van der Waals surface area contributed by atoms with Gasteiger partial charge in [0.05, 0.1) is 17.1 Å². The number of nitrogens with two attached hydrogens (primary N) is 1. The number of hydrogen-bond donors (Lipinski definition) is 1. The standard InChI is InChI=1S/C25H26N4O3/c1-17(29(2)22-6-4-3-5-21(22)26)24(30)19-7-9-20(10-8-19)32-25-23(27-13-14-28-25)18-11-15-31-16-12-18/h3-10,13-14,18H,1,11-12,15-16,26H2,2H3. The van der Waals surface area contributed by atoms with Crippen LogP contribution in [0.4, 0.5) is 11.4 Å². The SMILES string of the molecule is C=C(C(=O)c1ccc(Oc2nccnc2C2CCOCC2)cc1)N(C)c1ccccc1N. The van der Waals surface area contributed by atoms with Crippen molar-refractivity contribution in [3.8, 4) is 11.6 Å². The molecule has 1 aliphatic heterocycles. The van der Waals surface area contributed by atoms with Crippen LogP contribution in [0.1, 0.15) is 34.8 Å². The first-order valence-electron chi connectivity index (χ1n) is 10.5. The summed E-state index contributed by atoms with van der Waals surface area (Å²) in [6.45, 7) is 5.39. The summed E-state index contributed by atoms with van der Waals surface area (Å²) in [5, 5.41) is 0. The van der Waals surface area contributed by atoms with Gasteiger partial charge in [-0.25, -0.2) is 4.98 Å². The molecule has 0 spiro atoms. The summed E-state index contributed by atoms with van der Waals surface area (Å²) < 4.78 is 11.5. The van der Waals surface area contributed by atoms with E-state index in [1.807, 2.05) is 18.2 Å². The normalized spacial score (nSPS) is 14.0. The van der Waals surface area contributed by atoms with Crippen molar-refractivity contribution < 1.29 is 14.3 Å². The molecule has 0 bridgehead atoms. The second-order valence-corrected chi connectivity index (χ2v) is 7.65. The van der Waals surface area contributed by atoms with Gasteiger partial charge in [0.1, 0.15) is 11.4 Å². The largest absolute Gasteiger partial charge is 0.437 e.